The Morgan fingerprint density at radius 1 is 1.09 bits per heavy atom. The molecule has 3 nitrogen and oxygen atoms in total. The first-order valence-electron chi connectivity index (χ1n) is 8.23. The Morgan fingerprint density at radius 3 is 2.23 bits per heavy atom. The van der Waals surface area contributed by atoms with Crippen molar-refractivity contribution < 1.29 is 9.53 Å². The monoisotopic (exact) mass is 323 g/mol. The molecule has 0 radical (unpaired) electrons. The second-order valence-corrected chi connectivity index (χ2v) is 7.02. The Bertz CT molecular complexity index is 476. The molecule has 0 spiro atoms. The van der Waals surface area contributed by atoms with Gasteiger partial charge in [-0.1, -0.05) is 43.7 Å². The molecule has 0 aromatic heterocycles. The molecule has 1 fully saturated rings. The van der Waals surface area contributed by atoms with Gasteiger partial charge in [0.25, 0.3) is 5.91 Å². The van der Waals surface area contributed by atoms with Crippen LogP contribution in [0.5, 0.6) is 5.75 Å². The van der Waals surface area contributed by atoms with Gasteiger partial charge in [0.1, 0.15) is 5.75 Å². The van der Waals surface area contributed by atoms with Gasteiger partial charge in [0, 0.05) is 11.1 Å². The molecule has 1 aromatic carbocycles. The van der Waals surface area contributed by atoms with Crippen molar-refractivity contribution >= 4 is 17.5 Å². The second-order valence-electron chi connectivity index (χ2n) is 6.58. The van der Waals surface area contributed by atoms with Crippen LogP contribution in [0.4, 0.5) is 0 Å². The number of amides is 1. The van der Waals surface area contributed by atoms with Gasteiger partial charge < -0.3 is 10.1 Å². The standard InChI is InChI=1S/C18H26ClNO2/c1-18(2,22-16-12-10-14(19)11-13-16)17(21)20-15-8-6-4-3-5-7-9-15/h10-13,15H,3-9H2,1-2H3,(H,20,21). The summed E-state index contributed by atoms with van der Waals surface area (Å²) in [4.78, 5) is 12.5. The first-order valence-corrected chi connectivity index (χ1v) is 8.61. The molecule has 0 aliphatic heterocycles. The van der Waals surface area contributed by atoms with Gasteiger partial charge in [-0.25, -0.2) is 0 Å². The van der Waals surface area contributed by atoms with Gasteiger partial charge in [-0.15, -0.1) is 0 Å². The first-order chi connectivity index (χ1) is 10.5. The van der Waals surface area contributed by atoms with Crippen LogP contribution in [0.2, 0.25) is 5.02 Å². The highest BCUT2D eigenvalue weighted by atomic mass is 35.5. The molecular formula is C18H26ClNO2. The second kappa shape index (κ2) is 7.87. The molecule has 1 amide bonds. The number of nitrogens with one attached hydrogen (secondary N) is 1. The predicted molar refractivity (Wildman–Crippen MR) is 90.4 cm³/mol. The van der Waals surface area contributed by atoms with Crippen LogP contribution in [0, 0.1) is 0 Å². The number of rotatable bonds is 4. The molecule has 0 atom stereocenters. The van der Waals surface area contributed by atoms with E-state index in [4.69, 9.17) is 16.3 Å². The lowest BCUT2D eigenvalue weighted by Crippen LogP contribution is -2.50. The van der Waals surface area contributed by atoms with E-state index in [2.05, 4.69) is 5.32 Å². The largest absolute Gasteiger partial charge is 0.478 e. The summed E-state index contributed by atoms with van der Waals surface area (Å²) >= 11 is 5.87. The van der Waals surface area contributed by atoms with Gasteiger partial charge in [-0.3, -0.25) is 4.79 Å². The molecule has 1 saturated carbocycles. The van der Waals surface area contributed by atoms with Crippen LogP contribution in [0.25, 0.3) is 0 Å². The molecule has 1 aliphatic rings. The maximum absolute atomic E-state index is 12.5. The summed E-state index contributed by atoms with van der Waals surface area (Å²) in [6.45, 7) is 3.61. The molecule has 0 unspecified atom stereocenters. The Balaban J connectivity index is 1.92. The molecule has 1 aromatic rings. The number of benzene rings is 1. The van der Waals surface area contributed by atoms with E-state index in [0.29, 0.717) is 10.8 Å². The summed E-state index contributed by atoms with van der Waals surface area (Å²) in [7, 11) is 0. The molecule has 122 valence electrons. The molecule has 0 saturated heterocycles. The Hall–Kier alpha value is -1.22. The minimum absolute atomic E-state index is 0.0481. The van der Waals surface area contributed by atoms with Gasteiger partial charge in [0.15, 0.2) is 5.60 Å². The Morgan fingerprint density at radius 2 is 1.64 bits per heavy atom. The third-order valence-corrected chi connectivity index (χ3v) is 4.43. The number of hydrogen-bond donors (Lipinski definition) is 1. The van der Waals surface area contributed by atoms with E-state index in [9.17, 15) is 4.79 Å². The summed E-state index contributed by atoms with van der Waals surface area (Å²) in [5.41, 5.74) is -0.893. The molecule has 2 rings (SSSR count). The zero-order valence-corrected chi connectivity index (χ0v) is 14.3. The lowest BCUT2D eigenvalue weighted by atomic mass is 9.96. The topological polar surface area (TPSA) is 38.3 Å². The number of halogens is 1. The fraction of sp³-hybridized carbons (Fsp3) is 0.611. The summed E-state index contributed by atoms with van der Waals surface area (Å²) in [6, 6.07) is 7.38. The SMILES string of the molecule is CC(C)(Oc1ccc(Cl)cc1)C(=O)NC1CCCCCCC1. The lowest BCUT2D eigenvalue weighted by Gasteiger charge is -2.29. The quantitative estimate of drug-likeness (QED) is 0.870. The zero-order chi connectivity index (χ0) is 16.0. The predicted octanol–water partition coefficient (Wildman–Crippen LogP) is 4.73. The minimum Gasteiger partial charge on any atom is -0.478 e. The van der Waals surface area contributed by atoms with Gasteiger partial charge in [0.2, 0.25) is 0 Å². The van der Waals surface area contributed by atoms with Crippen LogP contribution < -0.4 is 10.1 Å². The Kier molecular flexibility index (Phi) is 6.13. The summed E-state index contributed by atoms with van der Waals surface area (Å²) < 4.78 is 5.85. The van der Waals surface area contributed by atoms with Crippen molar-refractivity contribution in [2.24, 2.45) is 0 Å². The van der Waals surface area contributed by atoms with Crippen molar-refractivity contribution in [1.82, 2.24) is 5.32 Å². The summed E-state index contributed by atoms with van der Waals surface area (Å²) in [5, 5.41) is 3.83. The van der Waals surface area contributed by atoms with Crippen molar-refractivity contribution in [3.63, 3.8) is 0 Å². The van der Waals surface area contributed by atoms with Gasteiger partial charge >= 0.3 is 0 Å². The summed E-state index contributed by atoms with van der Waals surface area (Å²) in [5.74, 6) is 0.607. The normalized spacial score (nSPS) is 17.4. The average molecular weight is 324 g/mol. The first kappa shape index (κ1) is 17.1. The lowest BCUT2D eigenvalue weighted by molar-refractivity contribution is -0.135. The van der Waals surface area contributed by atoms with E-state index in [1.165, 1.54) is 32.1 Å². The molecule has 0 heterocycles. The maximum atomic E-state index is 12.5. The van der Waals surface area contributed by atoms with Gasteiger partial charge in [-0.2, -0.15) is 0 Å². The van der Waals surface area contributed by atoms with Crippen molar-refractivity contribution in [3.05, 3.63) is 29.3 Å². The number of hydrogen-bond acceptors (Lipinski definition) is 2. The third-order valence-electron chi connectivity index (χ3n) is 4.17. The van der Waals surface area contributed by atoms with Gasteiger partial charge in [-0.05, 0) is 51.0 Å². The highest BCUT2D eigenvalue weighted by molar-refractivity contribution is 6.30. The van der Waals surface area contributed by atoms with E-state index >= 15 is 0 Å². The third kappa shape index (κ3) is 5.20. The molecule has 22 heavy (non-hydrogen) atoms. The van der Waals surface area contributed by atoms with E-state index in [1.807, 2.05) is 0 Å². The highest BCUT2D eigenvalue weighted by Gasteiger charge is 2.31. The number of carbonyl (C=O) groups is 1. The Labute approximate surface area is 138 Å². The van der Waals surface area contributed by atoms with E-state index < -0.39 is 5.60 Å². The van der Waals surface area contributed by atoms with Crippen LogP contribution in [-0.4, -0.2) is 17.6 Å². The molecule has 1 N–H and O–H groups in total. The van der Waals surface area contributed by atoms with E-state index in [-0.39, 0.29) is 11.9 Å². The highest BCUT2D eigenvalue weighted by Crippen LogP contribution is 2.22. The van der Waals surface area contributed by atoms with Crippen LogP contribution in [0.15, 0.2) is 24.3 Å². The molecule has 4 heteroatoms. The smallest absolute Gasteiger partial charge is 0.263 e. The van der Waals surface area contributed by atoms with Crippen molar-refractivity contribution in [1.29, 1.82) is 0 Å². The van der Waals surface area contributed by atoms with Crippen LogP contribution in [-0.2, 0) is 4.79 Å². The van der Waals surface area contributed by atoms with E-state index in [0.717, 1.165) is 12.8 Å². The molecule has 1 aliphatic carbocycles. The van der Waals surface area contributed by atoms with Crippen LogP contribution >= 0.6 is 11.6 Å². The molecular weight excluding hydrogens is 298 g/mol. The fourth-order valence-electron chi connectivity index (χ4n) is 2.80. The van der Waals surface area contributed by atoms with Crippen molar-refractivity contribution in [3.8, 4) is 5.75 Å². The van der Waals surface area contributed by atoms with Crippen LogP contribution in [0.1, 0.15) is 58.8 Å². The van der Waals surface area contributed by atoms with Crippen LogP contribution in [0.3, 0.4) is 0 Å². The molecule has 0 bridgehead atoms. The number of ether oxygens (including phenoxy) is 1. The minimum atomic E-state index is -0.893. The fourth-order valence-corrected chi connectivity index (χ4v) is 2.93. The van der Waals surface area contributed by atoms with Crippen molar-refractivity contribution in [2.45, 2.75) is 70.4 Å². The summed E-state index contributed by atoms with van der Waals surface area (Å²) in [6.07, 6.45) is 8.41. The average Bonchev–Trinajstić information content (AvgIpc) is 2.44. The zero-order valence-electron chi connectivity index (χ0n) is 13.5. The maximum Gasteiger partial charge on any atom is 0.263 e. The number of carbonyl (C=O) groups excluding carboxylic acids is 1. The van der Waals surface area contributed by atoms with E-state index in [1.54, 1.807) is 38.1 Å². The van der Waals surface area contributed by atoms with Gasteiger partial charge in [0.05, 0.1) is 0 Å². The van der Waals surface area contributed by atoms with Crippen molar-refractivity contribution in [2.75, 3.05) is 0 Å².